The number of rotatable bonds is 4. The molecule has 1 saturated heterocycles. The van der Waals surface area contributed by atoms with Gasteiger partial charge in [-0.3, -0.25) is 0 Å². The van der Waals surface area contributed by atoms with Crippen molar-refractivity contribution in [1.82, 2.24) is 9.88 Å². The van der Waals surface area contributed by atoms with Gasteiger partial charge in [0.05, 0.1) is 18.4 Å². The molecular weight excluding hydrogens is 399 g/mol. The molecule has 31 heavy (non-hydrogen) atoms. The zero-order chi connectivity index (χ0) is 22.8. The number of nitrogens with zero attached hydrogens (tertiary/aromatic N) is 4. The van der Waals surface area contributed by atoms with Crippen LogP contribution in [-0.4, -0.2) is 52.9 Å². The average Bonchev–Trinajstić information content (AvgIpc) is 2.72. The van der Waals surface area contributed by atoms with Crippen molar-refractivity contribution in [1.29, 1.82) is 5.26 Å². The van der Waals surface area contributed by atoms with E-state index in [4.69, 9.17) is 15.0 Å². The number of benzene rings is 1. The molecule has 0 unspecified atom stereocenters. The number of nitriles is 1. The van der Waals surface area contributed by atoms with Crippen LogP contribution >= 0.6 is 0 Å². The molecule has 0 spiro atoms. The minimum absolute atomic E-state index is 0.0178. The first kappa shape index (κ1) is 22.3. The summed E-state index contributed by atoms with van der Waals surface area (Å²) in [6.45, 7) is 7.00. The van der Waals surface area contributed by atoms with E-state index in [0.717, 1.165) is 0 Å². The van der Waals surface area contributed by atoms with Crippen LogP contribution in [-0.2, 0) is 0 Å². The smallest absolute Gasteiger partial charge is 0.407 e. The summed E-state index contributed by atoms with van der Waals surface area (Å²) >= 11 is 0. The molecule has 1 aliphatic heterocycles. The molecule has 7 nitrogen and oxygen atoms in total. The second kappa shape index (κ2) is 8.80. The van der Waals surface area contributed by atoms with E-state index in [1.807, 2.05) is 32.9 Å². The molecule has 0 atom stereocenters. The molecule has 0 saturated carbocycles. The molecule has 1 aromatic heterocycles. The summed E-state index contributed by atoms with van der Waals surface area (Å²) in [7, 11) is 1.56. The van der Waals surface area contributed by atoms with E-state index in [2.05, 4.69) is 4.90 Å². The Labute approximate surface area is 181 Å². The summed E-state index contributed by atoms with van der Waals surface area (Å²) in [6, 6.07) is 9.69. The summed E-state index contributed by atoms with van der Waals surface area (Å²) < 4.78 is 19.5. The van der Waals surface area contributed by atoms with Gasteiger partial charge in [0, 0.05) is 42.4 Å². The molecule has 1 aromatic carbocycles. The zero-order valence-electron chi connectivity index (χ0n) is 18.2. The Morgan fingerprint density at radius 2 is 1.97 bits per heavy atom. The Morgan fingerprint density at radius 3 is 2.48 bits per heavy atom. The van der Waals surface area contributed by atoms with Gasteiger partial charge in [-0.2, -0.15) is 5.26 Å². The van der Waals surface area contributed by atoms with Crippen molar-refractivity contribution in [3.05, 3.63) is 41.7 Å². The summed E-state index contributed by atoms with van der Waals surface area (Å²) in [4.78, 5) is 20.1. The van der Waals surface area contributed by atoms with Crippen molar-refractivity contribution in [3.63, 3.8) is 0 Å². The van der Waals surface area contributed by atoms with E-state index in [0.29, 0.717) is 48.8 Å². The fourth-order valence-electron chi connectivity index (χ4n) is 4.03. The third-order valence-electron chi connectivity index (χ3n) is 5.49. The SMILES string of the molecule is COc1cc(-c2ccc(C#N)c(F)c2)nc(N2CCC(N(C(=O)O)C(C)(C)C)CC2)c1. The normalized spacial score (nSPS) is 14.8. The van der Waals surface area contributed by atoms with Crippen LogP contribution in [0.15, 0.2) is 30.3 Å². The van der Waals surface area contributed by atoms with Gasteiger partial charge in [-0.25, -0.2) is 14.2 Å². The number of pyridine rings is 1. The lowest BCUT2D eigenvalue weighted by molar-refractivity contribution is 0.0616. The van der Waals surface area contributed by atoms with E-state index in [1.54, 1.807) is 19.2 Å². The van der Waals surface area contributed by atoms with Crippen molar-refractivity contribution in [2.24, 2.45) is 0 Å². The van der Waals surface area contributed by atoms with Gasteiger partial charge in [0.25, 0.3) is 0 Å². The first-order valence-corrected chi connectivity index (χ1v) is 10.2. The molecular formula is C23H27FN4O3. The third-order valence-corrected chi connectivity index (χ3v) is 5.49. The highest BCUT2D eigenvalue weighted by Crippen LogP contribution is 2.31. The highest BCUT2D eigenvalue weighted by Gasteiger charge is 2.35. The monoisotopic (exact) mass is 426 g/mol. The van der Waals surface area contributed by atoms with Gasteiger partial charge in [-0.15, -0.1) is 0 Å². The first-order chi connectivity index (χ1) is 14.6. The zero-order valence-corrected chi connectivity index (χ0v) is 18.2. The van der Waals surface area contributed by atoms with Crippen molar-refractivity contribution in [2.75, 3.05) is 25.1 Å². The fourth-order valence-corrected chi connectivity index (χ4v) is 4.03. The van der Waals surface area contributed by atoms with Crippen molar-refractivity contribution in [2.45, 2.75) is 45.2 Å². The molecule has 3 rings (SSSR count). The van der Waals surface area contributed by atoms with Gasteiger partial charge in [0.2, 0.25) is 0 Å². The Balaban J connectivity index is 1.84. The fraction of sp³-hybridized carbons (Fsp3) is 0.435. The number of amides is 1. The number of aromatic nitrogens is 1. The lowest BCUT2D eigenvalue weighted by Gasteiger charge is -2.43. The number of anilines is 1. The van der Waals surface area contributed by atoms with Crippen molar-refractivity contribution in [3.8, 4) is 23.1 Å². The van der Waals surface area contributed by atoms with Crippen LogP contribution in [0, 0.1) is 17.1 Å². The van der Waals surface area contributed by atoms with Gasteiger partial charge >= 0.3 is 6.09 Å². The van der Waals surface area contributed by atoms with Crippen LogP contribution in [0.4, 0.5) is 15.0 Å². The lowest BCUT2D eigenvalue weighted by Crippen LogP contribution is -2.54. The maximum atomic E-state index is 14.1. The predicted octanol–water partition coefficient (Wildman–Crippen LogP) is 4.52. The maximum absolute atomic E-state index is 14.1. The number of methoxy groups -OCH3 is 1. The quantitative estimate of drug-likeness (QED) is 0.773. The molecule has 164 valence electrons. The Bertz CT molecular complexity index is 1000. The molecule has 0 bridgehead atoms. The number of hydrogen-bond donors (Lipinski definition) is 1. The molecule has 0 aliphatic carbocycles. The number of piperidine rings is 1. The molecule has 1 fully saturated rings. The number of halogens is 1. The number of hydrogen-bond acceptors (Lipinski definition) is 5. The van der Waals surface area contributed by atoms with Crippen molar-refractivity contribution < 1.29 is 19.0 Å². The maximum Gasteiger partial charge on any atom is 0.407 e. The number of carbonyl (C=O) groups is 1. The van der Waals surface area contributed by atoms with Crippen LogP contribution in [0.1, 0.15) is 39.2 Å². The predicted molar refractivity (Wildman–Crippen MR) is 116 cm³/mol. The largest absolute Gasteiger partial charge is 0.497 e. The highest BCUT2D eigenvalue weighted by atomic mass is 19.1. The van der Waals surface area contributed by atoms with Crippen LogP contribution in [0.3, 0.4) is 0 Å². The van der Waals surface area contributed by atoms with Crippen LogP contribution in [0.25, 0.3) is 11.3 Å². The molecule has 0 radical (unpaired) electrons. The number of ether oxygens (including phenoxy) is 1. The van der Waals surface area contributed by atoms with Gasteiger partial charge in [0.15, 0.2) is 0 Å². The Kier molecular flexibility index (Phi) is 6.34. The van der Waals surface area contributed by atoms with Crippen LogP contribution < -0.4 is 9.64 Å². The third kappa shape index (κ3) is 4.88. The van der Waals surface area contributed by atoms with Crippen LogP contribution in [0.2, 0.25) is 0 Å². The molecule has 2 aromatic rings. The Hall–Kier alpha value is -3.34. The summed E-state index contributed by atoms with van der Waals surface area (Å²) in [6.07, 6.45) is 0.461. The van der Waals surface area contributed by atoms with E-state index in [9.17, 15) is 14.3 Å². The Morgan fingerprint density at radius 1 is 1.29 bits per heavy atom. The average molecular weight is 426 g/mol. The molecule has 1 aliphatic rings. The standard InChI is InChI=1S/C23H27FN4O3/c1-23(2,3)28(22(29)30)17-7-9-27(10-8-17)21-13-18(31-4)12-20(26-21)15-5-6-16(14-25)19(24)11-15/h5-6,11-13,17H,7-10H2,1-4H3,(H,29,30). The van der Waals surface area contributed by atoms with E-state index in [-0.39, 0.29) is 11.6 Å². The van der Waals surface area contributed by atoms with Crippen molar-refractivity contribution >= 4 is 11.9 Å². The van der Waals surface area contributed by atoms with Gasteiger partial charge in [0.1, 0.15) is 23.5 Å². The highest BCUT2D eigenvalue weighted by molar-refractivity contribution is 5.67. The summed E-state index contributed by atoms with van der Waals surface area (Å²) in [5.74, 6) is 0.687. The van der Waals surface area contributed by atoms with Gasteiger partial charge < -0.3 is 19.6 Å². The van der Waals surface area contributed by atoms with E-state index < -0.39 is 17.4 Å². The minimum Gasteiger partial charge on any atom is -0.497 e. The van der Waals surface area contributed by atoms with Gasteiger partial charge in [-0.1, -0.05) is 6.07 Å². The molecule has 1 N–H and O–H groups in total. The molecule has 1 amide bonds. The van der Waals surface area contributed by atoms with E-state index in [1.165, 1.54) is 17.0 Å². The number of carboxylic acid groups (broad SMARTS) is 1. The topological polar surface area (TPSA) is 89.7 Å². The minimum atomic E-state index is -0.907. The lowest BCUT2D eigenvalue weighted by atomic mass is 9.97. The molecule has 2 heterocycles. The summed E-state index contributed by atoms with van der Waals surface area (Å²) in [5.41, 5.74) is 0.605. The molecule has 8 heteroatoms. The second-order valence-corrected chi connectivity index (χ2v) is 8.60. The van der Waals surface area contributed by atoms with Gasteiger partial charge in [-0.05, 0) is 45.7 Å². The summed E-state index contributed by atoms with van der Waals surface area (Å²) in [5, 5.41) is 18.6. The van der Waals surface area contributed by atoms with Crippen LogP contribution in [0.5, 0.6) is 5.75 Å². The van der Waals surface area contributed by atoms with E-state index >= 15 is 0 Å². The second-order valence-electron chi connectivity index (χ2n) is 8.60. The first-order valence-electron chi connectivity index (χ1n) is 10.2.